The van der Waals surface area contributed by atoms with E-state index < -0.39 is 0 Å². The van der Waals surface area contributed by atoms with Gasteiger partial charge < -0.3 is 0 Å². The van der Waals surface area contributed by atoms with Crippen LogP contribution in [0, 0.1) is 6.07 Å². The van der Waals surface area contributed by atoms with E-state index in [0.29, 0.717) is 0 Å². The van der Waals surface area contributed by atoms with E-state index in [-0.39, 0.29) is 5.41 Å². The summed E-state index contributed by atoms with van der Waals surface area (Å²) < 4.78 is 1.88. The van der Waals surface area contributed by atoms with Gasteiger partial charge in [0.05, 0.1) is 12.7 Å². The summed E-state index contributed by atoms with van der Waals surface area (Å²) in [6.45, 7) is 7.49. The number of nitrogens with zero attached hydrogens (tertiary/aromatic N) is 2. The highest BCUT2D eigenvalue weighted by Crippen LogP contribution is 2.22. The van der Waals surface area contributed by atoms with Gasteiger partial charge in [-0.2, -0.15) is 5.10 Å². The Morgan fingerprint density at radius 2 is 1.88 bits per heavy atom. The number of benzene rings is 1. The van der Waals surface area contributed by atoms with Crippen LogP contribution >= 0.6 is 0 Å². The summed E-state index contributed by atoms with van der Waals surface area (Å²) in [6, 6.07) is 11.7. The highest BCUT2D eigenvalue weighted by atomic mass is 15.3. The van der Waals surface area contributed by atoms with E-state index in [9.17, 15) is 0 Å². The van der Waals surface area contributed by atoms with Crippen LogP contribution in [0.4, 0.5) is 0 Å². The molecule has 1 radical (unpaired) electrons. The zero-order valence-corrected chi connectivity index (χ0v) is 10.1. The average molecular weight is 213 g/mol. The van der Waals surface area contributed by atoms with Crippen LogP contribution < -0.4 is 0 Å². The first-order valence-corrected chi connectivity index (χ1v) is 5.53. The first-order valence-electron chi connectivity index (χ1n) is 5.53. The molecule has 0 saturated heterocycles. The molecule has 0 atom stereocenters. The third-order valence-corrected chi connectivity index (χ3v) is 2.67. The van der Waals surface area contributed by atoms with E-state index in [0.717, 1.165) is 6.54 Å². The van der Waals surface area contributed by atoms with Crippen molar-refractivity contribution >= 4 is 0 Å². The maximum absolute atomic E-state index is 4.14. The summed E-state index contributed by atoms with van der Waals surface area (Å²) in [4.78, 5) is 0. The van der Waals surface area contributed by atoms with Crippen molar-refractivity contribution in [2.75, 3.05) is 0 Å². The minimum Gasteiger partial charge on any atom is -0.268 e. The molecule has 0 bridgehead atoms. The van der Waals surface area contributed by atoms with Crippen molar-refractivity contribution < 1.29 is 0 Å². The topological polar surface area (TPSA) is 17.8 Å². The summed E-state index contributed by atoms with van der Waals surface area (Å²) in [5.74, 6) is 0. The summed E-state index contributed by atoms with van der Waals surface area (Å²) in [7, 11) is 0. The highest BCUT2D eigenvalue weighted by Gasteiger charge is 2.12. The fraction of sp³-hybridized carbons (Fsp3) is 0.357. The molecule has 0 amide bonds. The number of rotatable bonds is 2. The van der Waals surface area contributed by atoms with Gasteiger partial charge in [-0.1, -0.05) is 45.0 Å². The van der Waals surface area contributed by atoms with Crippen molar-refractivity contribution in [3.05, 3.63) is 53.9 Å². The molecule has 0 aliphatic carbocycles. The number of hydrogen-bond acceptors (Lipinski definition) is 1. The lowest BCUT2D eigenvalue weighted by Gasteiger charge is -2.19. The minimum atomic E-state index is 0.220. The average Bonchev–Trinajstić information content (AvgIpc) is 2.70. The zero-order chi connectivity index (χ0) is 11.6. The van der Waals surface area contributed by atoms with E-state index >= 15 is 0 Å². The Hall–Kier alpha value is -1.57. The minimum absolute atomic E-state index is 0.220. The van der Waals surface area contributed by atoms with Crippen molar-refractivity contribution in [1.29, 1.82) is 0 Å². The molecule has 2 rings (SSSR count). The van der Waals surface area contributed by atoms with Crippen LogP contribution in [-0.2, 0) is 12.0 Å². The molecule has 0 aliphatic rings. The lowest BCUT2D eigenvalue weighted by Crippen LogP contribution is -2.11. The van der Waals surface area contributed by atoms with Gasteiger partial charge in [-0.05, 0) is 16.5 Å². The lowest BCUT2D eigenvalue weighted by molar-refractivity contribution is 0.589. The van der Waals surface area contributed by atoms with Crippen molar-refractivity contribution in [2.24, 2.45) is 0 Å². The second-order valence-electron chi connectivity index (χ2n) is 5.08. The molecule has 2 nitrogen and oxygen atoms in total. The van der Waals surface area contributed by atoms with Crippen molar-refractivity contribution in [2.45, 2.75) is 32.7 Å². The first kappa shape index (κ1) is 10.9. The van der Waals surface area contributed by atoms with Gasteiger partial charge in [-0.25, -0.2) is 0 Å². The molecular weight excluding hydrogens is 196 g/mol. The van der Waals surface area contributed by atoms with Gasteiger partial charge >= 0.3 is 0 Å². The smallest absolute Gasteiger partial charge is 0.0659 e. The second-order valence-corrected chi connectivity index (χ2v) is 5.08. The Morgan fingerprint density at radius 3 is 2.38 bits per heavy atom. The lowest BCUT2D eigenvalue weighted by atomic mass is 9.87. The number of aromatic nitrogens is 2. The Balaban J connectivity index is 2.14. The third kappa shape index (κ3) is 2.51. The van der Waals surface area contributed by atoms with Crippen molar-refractivity contribution in [3.63, 3.8) is 0 Å². The van der Waals surface area contributed by atoms with Gasteiger partial charge in [0.15, 0.2) is 0 Å². The molecule has 1 heterocycles. The molecule has 0 aliphatic heterocycles. The van der Waals surface area contributed by atoms with E-state index in [1.54, 1.807) is 6.20 Å². The molecule has 0 fully saturated rings. The molecule has 0 saturated carbocycles. The summed E-state index contributed by atoms with van der Waals surface area (Å²) >= 11 is 0. The van der Waals surface area contributed by atoms with Gasteiger partial charge in [0.1, 0.15) is 0 Å². The largest absolute Gasteiger partial charge is 0.268 e. The molecule has 2 heteroatoms. The van der Waals surface area contributed by atoms with Crippen molar-refractivity contribution in [1.82, 2.24) is 9.78 Å². The molecule has 83 valence electrons. The summed E-state index contributed by atoms with van der Waals surface area (Å²) in [6.07, 6.45) is 3.54. The van der Waals surface area contributed by atoms with Crippen LogP contribution in [0.1, 0.15) is 31.9 Å². The maximum atomic E-state index is 4.14. The molecule has 0 N–H and O–H groups in total. The van der Waals surface area contributed by atoms with Crippen LogP contribution in [0.15, 0.2) is 36.7 Å². The zero-order valence-electron chi connectivity index (χ0n) is 10.1. The fourth-order valence-corrected chi connectivity index (χ4v) is 1.64. The molecule has 0 spiro atoms. The molecule has 2 aromatic rings. The predicted molar refractivity (Wildman–Crippen MR) is 65.3 cm³/mol. The SMILES string of the molecule is CC(C)(C)c1ccc(Cn2c[c]cn2)cc1. The Labute approximate surface area is 96.9 Å². The van der Waals surface area contributed by atoms with E-state index in [1.165, 1.54) is 11.1 Å². The first-order chi connectivity index (χ1) is 7.55. The van der Waals surface area contributed by atoms with Gasteiger partial charge in [0.25, 0.3) is 0 Å². The fourth-order valence-electron chi connectivity index (χ4n) is 1.64. The molecule has 16 heavy (non-hydrogen) atoms. The van der Waals surface area contributed by atoms with Gasteiger partial charge in [0.2, 0.25) is 0 Å². The molecule has 0 unspecified atom stereocenters. The van der Waals surface area contributed by atoms with Crippen LogP contribution in [0.5, 0.6) is 0 Å². The molecule has 1 aromatic heterocycles. The summed E-state index contributed by atoms with van der Waals surface area (Å²) in [5, 5.41) is 4.14. The van der Waals surface area contributed by atoms with E-state index in [1.807, 2.05) is 10.9 Å². The monoisotopic (exact) mass is 213 g/mol. The normalized spacial score (nSPS) is 11.7. The highest BCUT2D eigenvalue weighted by molar-refractivity contribution is 5.27. The van der Waals surface area contributed by atoms with Gasteiger partial charge in [-0.3, -0.25) is 4.68 Å². The van der Waals surface area contributed by atoms with E-state index in [4.69, 9.17) is 0 Å². The number of hydrogen-bond donors (Lipinski definition) is 0. The maximum Gasteiger partial charge on any atom is 0.0659 e. The molecular formula is C14H17N2. The van der Waals surface area contributed by atoms with Crippen LogP contribution in [0.3, 0.4) is 0 Å². The summed E-state index contributed by atoms with van der Waals surface area (Å²) in [5.41, 5.74) is 2.85. The van der Waals surface area contributed by atoms with E-state index in [2.05, 4.69) is 56.2 Å². The molecule has 1 aromatic carbocycles. The standard InChI is InChI=1S/C14H17N2/c1-14(2,3)13-7-5-12(6-8-13)11-16-10-4-9-15-16/h5-10H,11H2,1-3H3. The van der Waals surface area contributed by atoms with Gasteiger partial charge in [-0.15, -0.1) is 0 Å². The van der Waals surface area contributed by atoms with Crippen LogP contribution in [0.2, 0.25) is 0 Å². The Morgan fingerprint density at radius 1 is 1.19 bits per heavy atom. The van der Waals surface area contributed by atoms with Gasteiger partial charge in [0, 0.05) is 12.3 Å². The van der Waals surface area contributed by atoms with Crippen molar-refractivity contribution in [3.8, 4) is 0 Å². The third-order valence-electron chi connectivity index (χ3n) is 2.67. The predicted octanol–water partition coefficient (Wildman–Crippen LogP) is 3.03. The quantitative estimate of drug-likeness (QED) is 0.749. The Bertz CT molecular complexity index is 433. The Kier molecular flexibility index (Phi) is 2.82. The van der Waals surface area contributed by atoms with Crippen LogP contribution in [-0.4, -0.2) is 9.78 Å². The second kappa shape index (κ2) is 4.12. The van der Waals surface area contributed by atoms with Crippen LogP contribution in [0.25, 0.3) is 0 Å².